The van der Waals surface area contributed by atoms with Crippen LogP contribution < -0.4 is 11.1 Å². The lowest BCUT2D eigenvalue weighted by Gasteiger charge is -2.23. The molecule has 1 fully saturated rings. The van der Waals surface area contributed by atoms with Crippen molar-refractivity contribution >= 4 is 5.91 Å². The molecule has 0 saturated carbocycles. The Morgan fingerprint density at radius 2 is 2.22 bits per heavy atom. The number of rotatable bonds is 4. The summed E-state index contributed by atoms with van der Waals surface area (Å²) in [6.07, 6.45) is 1.72. The van der Waals surface area contributed by atoms with E-state index in [4.69, 9.17) is 10.5 Å². The molecule has 2 rings (SSSR count). The van der Waals surface area contributed by atoms with Crippen LogP contribution in [-0.2, 0) is 9.53 Å². The van der Waals surface area contributed by atoms with Crippen molar-refractivity contribution in [2.75, 3.05) is 13.2 Å². The maximum Gasteiger partial charge on any atom is 0.252 e. The van der Waals surface area contributed by atoms with E-state index >= 15 is 0 Å². The smallest absolute Gasteiger partial charge is 0.252 e. The number of ether oxygens (including phenoxy) is 1. The summed E-state index contributed by atoms with van der Waals surface area (Å²) in [7, 11) is 0. The molecule has 1 amide bonds. The van der Waals surface area contributed by atoms with E-state index < -0.39 is 5.60 Å². The summed E-state index contributed by atoms with van der Waals surface area (Å²) in [6.45, 7) is 2.93. The van der Waals surface area contributed by atoms with Crippen molar-refractivity contribution in [3.63, 3.8) is 0 Å². The van der Waals surface area contributed by atoms with Crippen LogP contribution >= 0.6 is 0 Å². The molecule has 1 aliphatic rings. The maximum absolute atomic E-state index is 12.0. The topological polar surface area (TPSA) is 64.4 Å². The summed E-state index contributed by atoms with van der Waals surface area (Å²) in [5.74, 6) is -0.0635. The second-order valence-corrected chi connectivity index (χ2v) is 4.91. The molecule has 2 unspecified atom stereocenters. The Kier molecular flexibility index (Phi) is 3.99. The molecule has 0 radical (unpaired) electrons. The first-order chi connectivity index (χ1) is 8.62. The molecule has 1 saturated heterocycles. The monoisotopic (exact) mass is 248 g/mol. The fraction of sp³-hybridized carbons (Fsp3) is 0.500. The standard InChI is InChI=1S/C14H20N2O2/c1-14(8-5-9-18-14)13(17)16-10-12(15)11-6-3-2-4-7-11/h2-4,6-7,12H,5,8-10,15H2,1H3,(H,16,17). The van der Waals surface area contributed by atoms with Gasteiger partial charge in [-0.3, -0.25) is 4.79 Å². The van der Waals surface area contributed by atoms with Gasteiger partial charge in [0.15, 0.2) is 0 Å². The van der Waals surface area contributed by atoms with E-state index in [9.17, 15) is 4.79 Å². The summed E-state index contributed by atoms with van der Waals surface area (Å²) in [5, 5.41) is 2.87. The average Bonchev–Trinajstić information content (AvgIpc) is 2.85. The van der Waals surface area contributed by atoms with Crippen molar-refractivity contribution in [3.8, 4) is 0 Å². The largest absolute Gasteiger partial charge is 0.365 e. The first-order valence-electron chi connectivity index (χ1n) is 6.34. The molecule has 4 heteroatoms. The van der Waals surface area contributed by atoms with Crippen LogP contribution in [0.2, 0.25) is 0 Å². The predicted octanol–water partition coefficient (Wildman–Crippen LogP) is 1.37. The number of benzene rings is 1. The highest BCUT2D eigenvalue weighted by Crippen LogP contribution is 2.25. The molecule has 4 nitrogen and oxygen atoms in total. The van der Waals surface area contributed by atoms with E-state index in [0.29, 0.717) is 13.2 Å². The van der Waals surface area contributed by atoms with Gasteiger partial charge in [-0.1, -0.05) is 30.3 Å². The Bertz CT molecular complexity index is 400. The number of hydrogen-bond acceptors (Lipinski definition) is 3. The van der Waals surface area contributed by atoms with Gasteiger partial charge in [0.25, 0.3) is 5.91 Å². The SMILES string of the molecule is CC1(C(=O)NCC(N)c2ccccc2)CCCO1. The maximum atomic E-state index is 12.0. The van der Waals surface area contributed by atoms with Gasteiger partial charge in [-0.2, -0.15) is 0 Å². The fourth-order valence-corrected chi connectivity index (χ4v) is 2.17. The minimum absolute atomic E-state index is 0.0635. The molecule has 1 aromatic carbocycles. The molecule has 98 valence electrons. The lowest BCUT2D eigenvalue weighted by Crippen LogP contribution is -2.46. The van der Waals surface area contributed by atoms with Crippen molar-refractivity contribution in [3.05, 3.63) is 35.9 Å². The second-order valence-electron chi connectivity index (χ2n) is 4.91. The Morgan fingerprint density at radius 1 is 1.50 bits per heavy atom. The summed E-state index contributed by atoms with van der Waals surface area (Å²) < 4.78 is 5.49. The van der Waals surface area contributed by atoms with Crippen molar-refractivity contribution in [2.24, 2.45) is 5.73 Å². The molecule has 3 N–H and O–H groups in total. The number of nitrogens with two attached hydrogens (primary N) is 1. The summed E-state index contributed by atoms with van der Waals surface area (Å²) >= 11 is 0. The van der Waals surface area contributed by atoms with E-state index in [1.54, 1.807) is 0 Å². The molecule has 18 heavy (non-hydrogen) atoms. The predicted molar refractivity (Wildman–Crippen MR) is 70.0 cm³/mol. The Hall–Kier alpha value is -1.39. The van der Waals surface area contributed by atoms with Crippen molar-refractivity contribution in [2.45, 2.75) is 31.4 Å². The van der Waals surface area contributed by atoms with Gasteiger partial charge in [0.1, 0.15) is 5.60 Å². The quantitative estimate of drug-likeness (QED) is 0.846. The number of carbonyl (C=O) groups is 1. The normalized spacial score (nSPS) is 24.8. The van der Waals surface area contributed by atoms with Crippen molar-refractivity contribution in [1.29, 1.82) is 0 Å². The number of carbonyl (C=O) groups excluding carboxylic acids is 1. The number of nitrogens with one attached hydrogen (secondary N) is 1. The molecule has 1 aliphatic heterocycles. The van der Waals surface area contributed by atoms with Crippen LogP contribution in [0.25, 0.3) is 0 Å². The van der Waals surface area contributed by atoms with Crippen LogP contribution in [0.3, 0.4) is 0 Å². The van der Waals surface area contributed by atoms with Gasteiger partial charge in [0.2, 0.25) is 0 Å². The molecule has 2 atom stereocenters. The third-order valence-corrected chi connectivity index (χ3v) is 3.41. The van der Waals surface area contributed by atoms with Gasteiger partial charge in [-0.15, -0.1) is 0 Å². The van der Waals surface area contributed by atoms with Crippen LogP contribution in [0.4, 0.5) is 0 Å². The summed E-state index contributed by atoms with van der Waals surface area (Å²) in [5.41, 5.74) is 6.38. The Balaban J connectivity index is 1.86. The van der Waals surface area contributed by atoms with E-state index in [1.165, 1.54) is 0 Å². The third-order valence-electron chi connectivity index (χ3n) is 3.41. The van der Waals surface area contributed by atoms with Crippen LogP contribution in [0, 0.1) is 0 Å². The number of hydrogen-bond donors (Lipinski definition) is 2. The van der Waals surface area contributed by atoms with Crippen LogP contribution in [0.15, 0.2) is 30.3 Å². The Labute approximate surface area is 108 Å². The minimum atomic E-state index is -0.670. The minimum Gasteiger partial charge on any atom is -0.365 e. The summed E-state index contributed by atoms with van der Waals surface area (Å²) in [6, 6.07) is 9.58. The van der Waals surface area contributed by atoms with Gasteiger partial charge in [0, 0.05) is 19.2 Å². The molecule has 0 aromatic heterocycles. The highest BCUT2D eigenvalue weighted by Gasteiger charge is 2.37. The lowest BCUT2D eigenvalue weighted by molar-refractivity contribution is -0.139. The first kappa shape index (κ1) is 13.1. The molecule has 1 heterocycles. The molecular weight excluding hydrogens is 228 g/mol. The van der Waals surface area contributed by atoms with Crippen molar-refractivity contribution < 1.29 is 9.53 Å². The average molecular weight is 248 g/mol. The van der Waals surface area contributed by atoms with E-state index in [2.05, 4.69) is 5.32 Å². The van der Waals surface area contributed by atoms with Crippen molar-refractivity contribution in [1.82, 2.24) is 5.32 Å². The highest BCUT2D eigenvalue weighted by atomic mass is 16.5. The second kappa shape index (κ2) is 5.50. The Morgan fingerprint density at radius 3 is 2.83 bits per heavy atom. The van der Waals surface area contributed by atoms with Crippen LogP contribution in [-0.4, -0.2) is 24.7 Å². The molecule has 1 aromatic rings. The lowest BCUT2D eigenvalue weighted by atomic mass is 10.0. The molecule has 0 aliphatic carbocycles. The van der Waals surface area contributed by atoms with Crippen LogP contribution in [0.5, 0.6) is 0 Å². The van der Waals surface area contributed by atoms with E-state index in [1.807, 2.05) is 37.3 Å². The molecule has 0 bridgehead atoms. The number of amides is 1. The van der Waals surface area contributed by atoms with Gasteiger partial charge >= 0.3 is 0 Å². The highest BCUT2D eigenvalue weighted by molar-refractivity contribution is 5.85. The zero-order chi connectivity index (χ0) is 13.0. The third kappa shape index (κ3) is 2.89. The van der Waals surface area contributed by atoms with Gasteiger partial charge < -0.3 is 15.8 Å². The van der Waals surface area contributed by atoms with Gasteiger partial charge in [-0.05, 0) is 25.3 Å². The van der Waals surface area contributed by atoms with E-state index in [-0.39, 0.29) is 11.9 Å². The zero-order valence-corrected chi connectivity index (χ0v) is 10.7. The molecule has 0 spiro atoms. The summed E-state index contributed by atoms with van der Waals surface area (Å²) in [4.78, 5) is 12.0. The first-order valence-corrected chi connectivity index (χ1v) is 6.34. The van der Waals surface area contributed by atoms with Crippen LogP contribution in [0.1, 0.15) is 31.4 Å². The zero-order valence-electron chi connectivity index (χ0n) is 10.7. The van der Waals surface area contributed by atoms with Gasteiger partial charge in [0.05, 0.1) is 0 Å². The van der Waals surface area contributed by atoms with Gasteiger partial charge in [-0.25, -0.2) is 0 Å². The van der Waals surface area contributed by atoms with E-state index in [0.717, 1.165) is 18.4 Å². The molecular formula is C14H20N2O2. The fourth-order valence-electron chi connectivity index (χ4n) is 2.17.